The Balaban J connectivity index is 1.59. The molecule has 0 aromatic heterocycles. The molecule has 0 aliphatic carbocycles. The number of rotatable bonds is 7. The summed E-state index contributed by atoms with van der Waals surface area (Å²) >= 11 is 0. The number of anilines is 1. The molecule has 3 nitrogen and oxygen atoms in total. The quantitative estimate of drug-likeness (QED) is 0.524. The zero-order valence-electron chi connectivity index (χ0n) is 16.0. The van der Waals surface area contributed by atoms with E-state index in [1.54, 1.807) is 0 Å². The Kier molecular flexibility index (Phi) is 6.74. The molecule has 1 amide bonds. The first-order valence-corrected chi connectivity index (χ1v) is 9.32. The second-order valence-electron chi connectivity index (χ2n) is 6.69. The van der Waals surface area contributed by atoms with Crippen molar-refractivity contribution in [2.24, 2.45) is 0 Å². The van der Waals surface area contributed by atoms with Crippen LogP contribution in [0.5, 0.6) is 0 Å². The van der Waals surface area contributed by atoms with Crippen LogP contribution in [-0.4, -0.2) is 5.91 Å². The summed E-state index contributed by atoms with van der Waals surface area (Å²) in [5.74, 6) is -1.72. The fourth-order valence-corrected chi connectivity index (χ4v) is 2.86. The molecule has 0 radical (unpaired) electrons. The number of carbonyl (C=O) groups excluding carboxylic acids is 1. The second kappa shape index (κ2) is 9.64. The molecule has 3 aromatic rings. The number of nitrogens with one attached hydrogen (secondary N) is 2. The van der Waals surface area contributed by atoms with Crippen LogP contribution in [0.1, 0.15) is 29.7 Å². The van der Waals surface area contributed by atoms with Crippen LogP contribution in [0.3, 0.4) is 0 Å². The van der Waals surface area contributed by atoms with Crippen LogP contribution < -0.4 is 10.6 Å². The maximum atomic E-state index is 13.6. The number of carbonyl (C=O) groups is 1. The Bertz CT molecular complexity index is 1000. The van der Waals surface area contributed by atoms with Gasteiger partial charge in [-0.3, -0.25) is 4.79 Å². The Morgan fingerprint density at radius 3 is 2.55 bits per heavy atom. The fraction of sp³-hybridized carbons (Fsp3) is 0.125. The fourth-order valence-electron chi connectivity index (χ4n) is 2.86. The third-order valence-corrected chi connectivity index (χ3v) is 4.46. The highest BCUT2D eigenvalue weighted by Gasteiger charge is 2.09. The molecular formula is C24H22F2N2O. The SMILES string of the molecule is CC(NC(=O)C=Cc1ccc(F)cc1F)c1cccc(NCc2ccccc2)c1. The summed E-state index contributed by atoms with van der Waals surface area (Å²) in [4.78, 5) is 12.2. The molecule has 29 heavy (non-hydrogen) atoms. The average molecular weight is 392 g/mol. The molecule has 0 saturated heterocycles. The summed E-state index contributed by atoms with van der Waals surface area (Å²) in [6.07, 6.45) is 2.57. The predicted molar refractivity (Wildman–Crippen MR) is 112 cm³/mol. The zero-order chi connectivity index (χ0) is 20.6. The topological polar surface area (TPSA) is 41.1 Å². The molecule has 0 spiro atoms. The lowest BCUT2D eigenvalue weighted by Crippen LogP contribution is -2.24. The van der Waals surface area contributed by atoms with Crippen LogP contribution in [-0.2, 0) is 11.3 Å². The first-order valence-electron chi connectivity index (χ1n) is 9.32. The van der Waals surface area contributed by atoms with Gasteiger partial charge in [-0.05, 0) is 48.4 Å². The van der Waals surface area contributed by atoms with Gasteiger partial charge in [-0.1, -0.05) is 42.5 Å². The average Bonchev–Trinajstić information content (AvgIpc) is 2.72. The third kappa shape index (κ3) is 6.01. The highest BCUT2D eigenvalue weighted by atomic mass is 19.1. The summed E-state index contributed by atoms with van der Waals surface area (Å²) in [5, 5.41) is 6.22. The van der Waals surface area contributed by atoms with Gasteiger partial charge < -0.3 is 10.6 Å². The van der Waals surface area contributed by atoms with Crippen molar-refractivity contribution in [3.05, 3.63) is 107 Å². The van der Waals surface area contributed by atoms with Gasteiger partial charge in [0.15, 0.2) is 0 Å². The second-order valence-corrected chi connectivity index (χ2v) is 6.69. The molecule has 0 aliphatic rings. The van der Waals surface area contributed by atoms with Crippen molar-refractivity contribution in [3.8, 4) is 0 Å². The monoisotopic (exact) mass is 392 g/mol. The standard InChI is InChI=1S/C24H22F2N2O/c1-17(28-24(29)13-11-19-10-12-21(25)15-23(19)26)20-8-5-9-22(14-20)27-16-18-6-3-2-4-7-18/h2-15,17,27H,16H2,1H3,(H,28,29). The van der Waals surface area contributed by atoms with Crippen LogP contribution in [0.2, 0.25) is 0 Å². The Morgan fingerprint density at radius 2 is 1.79 bits per heavy atom. The molecule has 1 atom stereocenters. The maximum absolute atomic E-state index is 13.6. The van der Waals surface area contributed by atoms with Crippen LogP contribution >= 0.6 is 0 Å². The number of amides is 1. The van der Waals surface area contributed by atoms with Crippen LogP contribution in [0.4, 0.5) is 14.5 Å². The minimum absolute atomic E-state index is 0.154. The number of benzene rings is 3. The summed E-state index contributed by atoms with van der Waals surface area (Å²) < 4.78 is 26.6. The number of halogens is 2. The largest absolute Gasteiger partial charge is 0.381 e. The van der Waals surface area contributed by atoms with Gasteiger partial charge in [-0.2, -0.15) is 0 Å². The first-order chi connectivity index (χ1) is 14.0. The van der Waals surface area contributed by atoms with Crippen molar-refractivity contribution in [3.63, 3.8) is 0 Å². The minimum atomic E-state index is -0.709. The van der Waals surface area contributed by atoms with E-state index in [0.717, 1.165) is 23.4 Å². The summed E-state index contributed by atoms with van der Waals surface area (Å²) in [6, 6.07) is 20.9. The van der Waals surface area contributed by atoms with E-state index in [1.807, 2.05) is 49.4 Å². The van der Waals surface area contributed by atoms with Crippen molar-refractivity contribution in [2.45, 2.75) is 19.5 Å². The Hall–Kier alpha value is -3.47. The molecule has 1 unspecified atom stereocenters. The van der Waals surface area contributed by atoms with Crippen molar-refractivity contribution < 1.29 is 13.6 Å². The molecule has 0 saturated carbocycles. The van der Waals surface area contributed by atoms with Gasteiger partial charge in [0.2, 0.25) is 5.91 Å². The summed E-state index contributed by atoms with van der Waals surface area (Å²) in [7, 11) is 0. The first kappa shape index (κ1) is 20.3. The number of hydrogen-bond donors (Lipinski definition) is 2. The van der Waals surface area contributed by atoms with Crippen molar-refractivity contribution in [1.82, 2.24) is 5.32 Å². The maximum Gasteiger partial charge on any atom is 0.244 e. The Morgan fingerprint density at radius 1 is 1.00 bits per heavy atom. The lowest BCUT2D eigenvalue weighted by Gasteiger charge is -2.15. The normalized spacial score (nSPS) is 12.0. The van der Waals surface area contributed by atoms with Gasteiger partial charge in [0.25, 0.3) is 0 Å². The molecule has 0 bridgehead atoms. The van der Waals surface area contributed by atoms with E-state index in [0.29, 0.717) is 6.54 Å². The van der Waals surface area contributed by atoms with Crippen LogP contribution in [0, 0.1) is 11.6 Å². The predicted octanol–water partition coefficient (Wildman–Crippen LogP) is 5.47. The van der Waals surface area contributed by atoms with Crippen molar-refractivity contribution in [2.75, 3.05) is 5.32 Å². The lowest BCUT2D eigenvalue weighted by atomic mass is 10.1. The van der Waals surface area contributed by atoms with E-state index < -0.39 is 11.6 Å². The van der Waals surface area contributed by atoms with Crippen molar-refractivity contribution in [1.29, 1.82) is 0 Å². The van der Waals surface area contributed by atoms with E-state index in [9.17, 15) is 13.6 Å². The molecule has 0 heterocycles. The molecule has 0 aliphatic heterocycles. The molecular weight excluding hydrogens is 370 g/mol. The van der Waals surface area contributed by atoms with E-state index in [1.165, 1.54) is 23.8 Å². The molecule has 5 heteroatoms. The van der Waals surface area contributed by atoms with E-state index in [4.69, 9.17) is 0 Å². The van der Waals surface area contributed by atoms with Crippen LogP contribution in [0.25, 0.3) is 6.08 Å². The molecule has 3 aromatic carbocycles. The third-order valence-electron chi connectivity index (χ3n) is 4.46. The van der Waals surface area contributed by atoms with Gasteiger partial charge in [0.05, 0.1) is 6.04 Å². The van der Waals surface area contributed by atoms with Crippen LogP contribution in [0.15, 0.2) is 78.9 Å². The lowest BCUT2D eigenvalue weighted by molar-refractivity contribution is -0.117. The van der Waals surface area contributed by atoms with Gasteiger partial charge in [0.1, 0.15) is 11.6 Å². The van der Waals surface area contributed by atoms with Gasteiger partial charge in [-0.25, -0.2) is 8.78 Å². The zero-order valence-corrected chi connectivity index (χ0v) is 16.0. The molecule has 2 N–H and O–H groups in total. The summed E-state index contributed by atoms with van der Waals surface area (Å²) in [5.41, 5.74) is 3.23. The van der Waals surface area contributed by atoms with Gasteiger partial charge >= 0.3 is 0 Å². The Labute approximate surface area is 169 Å². The highest BCUT2D eigenvalue weighted by Crippen LogP contribution is 2.18. The molecule has 3 rings (SSSR count). The molecule has 0 fully saturated rings. The van der Waals surface area contributed by atoms with Gasteiger partial charge in [0, 0.05) is 29.9 Å². The summed E-state index contributed by atoms with van der Waals surface area (Å²) in [6.45, 7) is 2.58. The minimum Gasteiger partial charge on any atom is -0.381 e. The van der Waals surface area contributed by atoms with E-state index in [2.05, 4.69) is 22.8 Å². The molecule has 148 valence electrons. The highest BCUT2D eigenvalue weighted by molar-refractivity contribution is 5.92. The van der Waals surface area contributed by atoms with E-state index >= 15 is 0 Å². The number of hydrogen-bond acceptors (Lipinski definition) is 2. The smallest absolute Gasteiger partial charge is 0.244 e. The van der Waals surface area contributed by atoms with Gasteiger partial charge in [-0.15, -0.1) is 0 Å². The van der Waals surface area contributed by atoms with Crippen molar-refractivity contribution >= 4 is 17.7 Å². The van der Waals surface area contributed by atoms with E-state index in [-0.39, 0.29) is 17.5 Å².